The van der Waals surface area contributed by atoms with E-state index in [4.69, 9.17) is 0 Å². The number of aromatic nitrogens is 3. The second-order valence-corrected chi connectivity index (χ2v) is 3.76. The first-order valence-corrected chi connectivity index (χ1v) is 5.19. The minimum absolute atomic E-state index is 0.876. The fraction of sp³-hybridized carbons (Fsp3) is 0.0769. The maximum absolute atomic E-state index is 4.34. The summed E-state index contributed by atoms with van der Waals surface area (Å²) < 4.78 is 2.05. The lowest BCUT2D eigenvalue weighted by Crippen LogP contribution is -1.90. The van der Waals surface area contributed by atoms with Gasteiger partial charge in [-0.3, -0.25) is 9.38 Å². The van der Waals surface area contributed by atoms with Crippen molar-refractivity contribution in [3.05, 3.63) is 54.6 Å². The zero-order valence-corrected chi connectivity index (χ0v) is 8.96. The Hall–Kier alpha value is -2.16. The minimum atomic E-state index is 0.876. The molecule has 0 unspecified atom stereocenters. The first-order chi connectivity index (χ1) is 7.86. The predicted molar refractivity (Wildman–Crippen MR) is 63.2 cm³/mol. The molecule has 2 aromatic heterocycles. The summed E-state index contributed by atoms with van der Waals surface area (Å²) in [4.78, 5) is 8.40. The molecule has 3 rings (SSSR count). The average Bonchev–Trinajstić information content (AvgIpc) is 2.74. The van der Waals surface area contributed by atoms with Crippen LogP contribution in [0.15, 0.2) is 49.1 Å². The second-order valence-electron chi connectivity index (χ2n) is 3.76. The number of hydrogen-bond donors (Lipinski definition) is 0. The van der Waals surface area contributed by atoms with Gasteiger partial charge in [-0.25, -0.2) is 4.98 Å². The van der Waals surface area contributed by atoms with Crippen molar-refractivity contribution in [2.24, 2.45) is 0 Å². The van der Waals surface area contributed by atoms with Crippen LogP contribution < -0.4 is 0 Å². The summed E-state index contributed by atoms with van der Waals surface area (Å²) >= 11 is 0. The molecule has 1 aromatic carbocycles. The number of imidazole rings is 1. The maximum Gasteiger partial charge on any atom is 0.155 e. The van der Waals surface area contributed by atoms with Crippen LogP contribution in [0, 0.1) is 6.92 Å². The third-order valence-corrected chi connectivity index (χ3v) is 2.74. The van der Waals surface area contributed by atoms with Crippen LogP contribution in [0.4, 0.5) is 0 Å². The summed E-state index contributed by atoms with van der Waals surface area (Å²) in [6, 6.07) is 8.31. The van der Waals surface area contributed by atoms with Crippen LogP contribution in [-0.4, -0.2) is 14.4 Å². The molecule has 0 aliphatic carbocycles. The molecule has 0 amide bonds. The Morgan fingerprint density at radius 2 is 2.00 bits per heavy atom. The van der Waals surface area contributed by atoms with Crippen molar-refractivity contribution in [3.63, 3.8) is 0 Å². The highest BCUT2D eigenvalue weighted by Gasteiger charge is 2.06. The largest absolute Gasteiger partial charge is 0.297 e. The van der Waals surface area contributed by atoms with E-state index in [1.807, 2.05) is 24.5 Å². The van der Waals surface area contributed by atoms with Crippen LogP contribution in [0.25, 0.3) is 16.9 Å². The SMILES string of the molecule is Cc1ccccc1-c1cnc2cnccn12. The normalized spacial score (nSPS) is 10.8. The lowest BCUT2D eigenvalue weighted by molar-refractivity contribution is 1.13. The second kappa shape index (κ2) is 3.45. The molecule has 0 N–H and O–H groups in total. The Labute approximate surface area is 93.4 Å². The van der Waals surface area contributed by atoms with Gasteiger partial charge in [-0.05, 0) is 12.5 Å². The van der Waals surface area contributed by atoms with Gasteiger partial charge < -0.3 is 0 Å². The Morgan fingerprint density at radius 1 is 1.12 bits per heavy atom. The van der Waals surface area contributed by atoms with Gasteiger partial charge in [0.05, 0.1) is 18.1 Å². The number of fused-ring (bicyclic) bond motifs is 1. The third kappa shape index (κ3) is 1.29. The van der Waals surface area contributed by atoms with Crippen molar-refractivity contribution in [2.75, 3.05) is 0 Å². The van der Waals surface area contributed by atoms with Crippen LogP contribution >= 0.6 is 0 Å². The van der Waals surface area contributed by atoms with Crippen molar-refractivity contribution in [1.29, 1.82) is 0 Å². The molecule has 3 aromatic rings. The topological polar surface area (TPSA) is 30.2 Å². The number of rotatable bonds is 1. The highest BCUT2D eigenvalue weighted by Crippen LogP contribution is 2.23. The summed E-state index contributed by atoms with van der Waals surface area (Å²) in [7, 11) is 0. The van der Waals surface area contributed by atoms with Crippen molar-refractivity contribution < 1.29 is 0 Å². The van der Waals surface area contributed by atoms with Gasteiger partial charge in [0.2, 0.25) is 0 Å². The zero-order valence-electron chi connectivity index (χ0n) is 8.96. The number of nitrogens with zero attached hydrogens (tertiary/aromatic N) is 3. The summed E-state index contributed by atoms with van der Waals surface area (Å²) in [5.41, 5.74) is 4.44. The molecular weight excluding hydrogens is 198 g/mol. The van der Waals surface area contributed by atoms with Gasteiger partial charge in [-0.1, -0.05) is 24.3 Å². The fourth-order valence-electron chi connectivity index (χ4n) is 1.90. The zero-order chi connectivity index (χ0) is 11.0. The molecule has 0 radical (unpaired) electrons. The van der Waals surface area contributed by atoms with E-state index in [1.54, 1.807) is 12.4 Å². The molecular formula is C13H11N3. The van der Waals surface area contributed by atoms with Crippen molar-refractivity contribution in [1.82, 2.24) is 14.4 Å². The monoisotopic (exact) mass is 209 g/mol. The molecule has 0 atom stereocenters. The van der Waals surface area contributed by atoms with Gasteiger partial charge >= 0.3 is 0 Å². The predicted octanol–water partition coefficient (Wildman–Crippen LogP) is 2.70. The van der Waals surface area contributed by atoms with Crippen LogP contribution in [0.3, 0.4) is 0 Å². The van der Waals surface area contributed by atoms with E-state index in [1.165, 1.54) is 11.1 Å². The highest BCUT2D eigenvalue weighted by molar-refractivity contribution is 5.66. The Morgan fingerprint density at radius 3 is 2.88 bits per heavy atom. The number of hydrogen-bond acceptors (Lipinski definition) is 2. The molecule has 3 nitrogen and oxygen atoms in total. The molecule has 0 saturated carbocycles. The average molecular weight is 209 g/mol. The molecule has 3 heteroatoms. The van der Waals surface area contributed by atoms with Crippen molar-refractivity contribution in [2.45, 2.75) is 6.92 Å². The lowest BCUT2D eigenvalue weighted by Gasteiger charge is -2.04. The fourth-order valence-corrected chi connectivity index (χ4v) is 1.90. The van der Waals surface area contributed by atoms with E-state index in [9.17, 15) is 0 Å². The van der Waals surface area contributed by atoms with Crippen LogP contribution in [0.2, 0.25) is 0 Å². The first-order valence-electron chi connectivity index (χ1n) is 5.19. The van der Waals surface area contributed by atoms with E-state index in [2.05, 4.69) is 33.4 Å². The van der Waals surface area contributed by atoms with E-state index in [0.717, 1.165) is 11.3 Å². The third-order valence-electron chi connectivity index (χ3n) is 2.74. The van der Waals surface area contributed by atoms with Crippen LogP contribution in [-0.2, 0) is 0 Å². The van der Waals surface area contributed by atoms with E-state index >= 15 is 0 Å². The van der Waals surface area contributed by atoms with E-state index in [0.29, 0.717) is 0 Å². The molecule has 0 spiro atoms. The molecule has 0 bridgehead atoms. The first kappa shape index (κ1) is 9.09. The molecule has 0 aliphatic rings. The quantitative estimate of drug-likeness (QED) is 0.616. The van der Waals surface area contributed by atoms with Crippen molar-refractivity contribution >= 4 is 5.65 Å². The van der Waals surface area contributed by atoms with Crippen LogP contribution in [0.5, 0.6) is 0 Å². The summed E-state index contributed by atoms with van der Waals surface area (Å²) in [5, 5.41) is 0. The highest BCUT2D eigenvalue weighted by atomic mass is 15.0. The van der Waals surface area contributed by atoms with Gasteiger partial charge in [-0.15, -0.1) is 0 Å². The molecule has 78 valence electrons. The summed E-state index contributed by atoms with van der Waals surface area (Å²) in [6.45, 7) is 2.11. The summed E-state index contributed by atoms with van der Waals surface area (Å²) in [6.07, 6.45) is 7.36. The number of aryl methyl sites for hydroxylation is 1. The van der Waals surface area contributed by atoms with E-state index in [-0.39, 0.29) is 0 Å². The molecule has 0 saturated heterocycles. The van der Waals surface area contributed by atoms with Gasteiger partial charge in [0, 0.05) is 18.0 Å². The Bertz CT molecular complexity index is 640. The van der Waals surface area contributed by atoms with Gasteiger partial charge in [0.25, 0.3) is 0 Å². The Kier molecular flexibility index (Phi) is 1.96. The summed E-state index contributed by atoms with van der Waals surface area (Å²) in [5.74, 6) is 0. The van der Waals surface area contributed by atoms with Gasteiger partial charge in [-0.2, -0.15) is 0 Å². The molecule has 0 aliphatic heterocycles. The standard InChI is InChI=1S/C13H11N3/c1-10-4-2-3-5-11(10)12-8-15-13-9-14-6-7-16(12)13/h2-9H,1H3. The number of benzene rings is 1. The Balaban J connectivity index is 2.31. The lowest BCUT2D eigenvalue weighted by atomic mass is 10.1. The molecule has 16 heavy (non-hydrogen) atoms. The van der Waals surface area contributed by atoms with Gasteiger partial charge in [0.1, 0.15) is 0 Å². The van der Waals surface area contributed by atoms with E-state index < -0.39 is 0 Å². The minimum Gasteiger partial charge on any atom is -0.297 e. The smallest absolute Gasteiger partial charge is 0.155 e. The van der Waals surface area contributed by atoms with Crippen molar-refractivity contribution in [3.8, 4) is 11.3 Å². The van der Waals surface area contributed by atoms with Crippen LogP contribution in [0.1, 0.15) is 5.56 Å². The molecule has 0 fully saturated rings. The molecule has 2 heterocycles. The maximum atomic E-state index is 4.34. The van der Waals surface area contributed by atoms with Gasteiger partial charge in [0.15, 0.2) is 5.65 Å².